The molecule has 5 heteroatoms. The van der Waals surface area contributed by atoms with Gasteiger partial charge < -0.3 is 19.5 Å². The summed E-state index contributed by atoms with van der Waals surface area (Å²) in [5, 5.41) is 3.22. The van der Waals surface area contributed by atoms with Gasteiger partial charge in [-0.05, 0) is 12.1 Å². The maximum absolute atomic E-state index is 11.7. The molecule has 2 rings (SSSR count). The highest BCUT2D eigenvalue weighted by molar-refractivity contribution is 5.79. The van der Waals surface area contributed by atoms with Crippen molar-refractivity contribution in [2.24, 2.45) is 5.41 Å². The van der Waals surface area contributed by atoms with Gasteiger partial charge >= 0.3 is 5.97 Å². The molecule has 0 bridgehead atoms. The average molecular weight is 251 g/mol. The number of benzene rings is 1. The van der Waals surface area contributed by atoms with Crippen molar-refractivity contribution in [3.8, 4) is 5.75 Å². The van der Waals surface area contributed by atoms with Crippen LogP contribution in [0.5, 0.6) is 5.75 Å². The Morgan fingerprint density at radius 3 is 2.78 bits per heavy atom. The van der Waals surface area contributed by atoms with Crippen molar-refractivity contribution in [2.75, 3.05) is 39.3 Å². The minimum absolute atomic E-state index is 0.232. The van der Waals surface area contributed by atoms with Gasteiger partial charge in [0.15, 0.2) is 0 Å². The number of methoxy groups -OCH3 is 2. The summed E-state index contributed by atoms with van der Waals surface area (Å²) in [6.07, 6.45) is 0. The van der Waals surface area contributed by atoms with Crippen LogP contribution in [0.25, 0.3) is 0 Å². The molecule has 1 aromatic carbocycles. The van der Waals surface area contributed by atoms with Gasteiger partial charge in [-0.1, -0.05) is 6.07 Å². The Morgan fingerprint density at radius 2 is 2.22 bits per heavy atom. The first-order valence-corrected chi connectivity index (χ1v) is 5.74. The highest BCUT2D eigenvalue weighted by atomic mass is 16.5. The monoisotopic (exact) mass is 251 g/mol. The molecule has 1 saturated heterocycles. The van der Waals surface area contributed by atoms with Crippen molar-refractivity contribution in [2.45, 2.75) is 0 Å². The molecule has 1 fully saturated rings. The number of anilines is 1. The third-order valence-corrected chi connectivity index (χ3v) is 3.08. The zero-order chi connectivity index (χ0) is 13.0. The van der Waals surface area contributed by atoms with Crippen molar-refractivity contribution in [1.29, 1.82) is 0 Å². The van der Waals surface area contributed by atoms with Gasteiger partial charge in [-0.3, -0.25) is 4.79 Å². The van der Waals surface area contributed by atoms with Crippen LogP contribution in [0, 0.1) is 5.41 Å². The Kier molecular flexibility index (Phi) is 3.72. The van der Waals surface area contributed by atoms with Crippen molar-refractivity contribution < 1.29 is 19.0 Å². The molecule has 0 amide bonds. The average Bonchev–Trinajstić information content (AvgIpc) is 2.37. The number of carbonyl (C=O) groups excluding carboxylic acids is 1. The van der Waals surface area contributed by atoms with Gasteiger partial charge in [0.25, 0.3) is 0 Å². The summed E-state index contributed by atoms with van der Waals surface area (Å²) >= 11 is 0. The van der Waals surface area contributed by atoms with Gasteiger partial charge in [0.2, 0.25) is 0 Å². The van der Waals surface area contributed by atoms with E-state index in [0.717, 1.165) is 11.4 Å². The summed E-state index contributed by atoms with van der Waals surface area (Å²) in [5.74, 6) is 0.543. The molecule has 1 N–H and O–H groups in total. The number of rotatable bonds is 5. The maximum atomic E-state index is 11.7. The lowest BCUT2D eigenvalue weighted by Gasteiger charge is -2.38. The second kappa shape index (κ2) is 5.27. The van der Waals surface area contributed by atoms with E-state index < -0.39 is 5.41 Å². The zero-order valence-corrected chi connectivity index (χ0v) is 10.6. The standard InChI is InChI=1S/C13H17NO4/c1-16-11-5-3-4-10(6-11)14-7-13(8-18-9-13)12(15)17-2/h3-6,14H,7-9H2,1-2H3. The molecule has 0 atom stereocenters. The number of nitrogens with one attached hydrogen (secondary N) is 1. The van der Waals surface area contributed by atoms with Crippen LogP contribution in [0.3, 0.4) is 0 Å². The van der Waals surface area contributed by atoms with E-state index in [1.807, 2.05) is 24.3 Å². The van der Waals surface area contributed by atoms with E-state index in [0.29, 0.717) is 19.8 Å². The molecule has 0 unspecified atom stereocenters. The summed E-state index contributed by atoms with van der Waals surface area (Å²) in [6.45, 7) is 1.29. The Bertz CT molecular complexity index is 429. The minimum Gasteiger partial charge on any atom is -0.497 e. The van der Waals surface area contributed by atoms with Crippen molar-refractivity contribution >= 4 is 11.7 Å². The topological polar surface area (TPSA) is 56.8 Å². The number of hydrogen-bond donors (Lipinski definition) is 1. The van der Waals surface area contributed by atoms with Crippen LogP contribution in [-0.2, 0) is 14.3 Å². The second-order valence-electron chi connectivity index (χ2n) is 4.35. The fourth-order valence-corrected chi connectivity index (χ4v) is 1.86. The van der Waals surface area contributed by atoms with E-state index in [1.54, 1.807) is 7.11 Å². The minimum atomic E-state index is -0.558. The number of esters is 1. The van der Waals surface area contributed by atoms with Gasteiger partial charge in [-0.2, -0.15) is 0 Å². The molecule has 1 heterocycles. The first-order chi connectivity index (χ1) is 8.70. The fraction of sp³-hybridized carbons (Fsp3) is 0.462. The maximum Gasteiger partial charge on any atom is 0.318 e. The molecular formula is C13H17NO4. The van der Waals surface area contributed by atoms with E-state index in [-0.39, 0.29) is 5.97 Å². The molecule has 1 aliphatic heterocycles. The summed E-state index contributed by atoms with van der Waals surface area (Å²) in [4.78, 5) is 11.7. The Hall–Kier alpha value is -1.75. The van der Waals surface area contributed by atoms with E-state index in [4.69, 9.17) is 14.2 Å². The SMILES string of the molecule is COC(=O)C1(CNc2cccc(OC)c2)COC1. The second-order valence-corrected chi connectivity index (χ2v) is 4.35. The van der Waals surface area contributed by atoms with Gasteiger partial charge in [-0.25, -0.2) is 0 Å². The van der Waals surface area contributed by atoms with Crippen molar-refractivity contribution in [3.63, 3.8) is 0 Å². The van der Waals surface area contributed by atoms with Crippen LogP contribution in [0.2, 0.25) is 0 Å². The number of carbonyl (C=O) groups is 1. The molecule has 5 nitrogen and oxygen atoms in total. The Labute approximate surface area is 106 Å². The van der Waals surface area contributed by atoms with Gasteiger partial charge in [0.05, 0.1) is 27.4 Å². The summed E-state index contributed by atoms with van der Waals surface area (Å²) in [6, 6.07) is 7.56. The van der Waals surface area contributed by atoms with Gasteiger partial charge in [0, 0.05) is 18.3 Å². The largest absolute Gasteiger partial charge is 0.497 e. The third-order valence-electron chi connectivity index (χ3n) is 3.08. The predicted molar refractivity (Wildman–Crippen MR) is 66.8 cm³/mol. The lowest BCUT2D eigenvalue weighted by Crippen LogP contribution is -2.54. The van der Waals surface area contributed by atoms with Gasteiger partial charge in [0.1, 0.15) is 11.2 Å². The summed E-state index contributed by atoms with van der Waals surface area (Å²) in [5.41, 5.74) is 0.349. The van der Waals surface area contributed by atoms with Crippen LogP contribution < -0.4 is 10.1 Å². The molecule has 0 saturated carbocycles. The van der Waals surface area contributed by atoms with E-state index in [1.165, 1.54) is 7.11 Å². The molecule has 0 aliphatic carbocycles. The summed E-state index contributed by atoms with van der Waals surface area (Å²) in [7, 11) is 3.02. The molecule has 0 spiro atoms. The first-order valence-electron chi connectivity index (χ1n) is 5.74. The number of ether oxygens (including phenoxy) is 3. The molecule has 1 aromatic rings. The lowest BCUT2D eigenvalue weighted by molar-refractivity contribution is -0.180. The van der Waals surface area contributed by atoms with Crippen LogP contribution in [0.15, 0.2) is 24.3 Å². The summed E-state index contributed by atoms with van der Waals surface area (Å²) < 4.78 is 15.1. The van der Waals surface area contributed by atoms with Crippen LogP contribution in [0.4, 0.5) is 5.69 Å². The van der Waals surface area contributed by atoms with Crippen LogP contribution >= 0.6 is 0 Å². The Balaban J connectivity index is 1.99. The molecular weight excluding hydrogens is 234 g/mol. The molecule has 0 aromatic heterocycles. The number of hydrogen-bond acceptors (Lipinski definition) is 5. The zero-order valence-electron chi connectivity index (χ0n) is 10.6. The first kappa shape index (κ1) is 12.7. The quantitative estimate of drug-likeness (QED) is 0.799. The van der Waals surface area contributed by atoms with Crippen molar-refractivity contribution in [3.05, 3.63) is 24.3 Å². The predicted octanol–water partition coefficient (Wildman–Crippen LogP) is 1.30. The third kappa shape index (κ3) is 2.41. The molecule has 18 heavy (non-hydrogen) atoms. The normalized spacial score (nSPS) is 16.6. The Morgan fingerprint density at radius 1 is 1.44 bits per heavy atom. The van der Waals surface area contributed by atoms with Crippen molar-refractivity contribution in [1.82, 2.24) is 0 Å². The molecule has 0 radical (unpaired) electrons. The lowest BCUT2D eigenvalue weighted by atomic mass is 9.86. The van der Waals surface area contributed by atoms with E-state index >= 15 is 0 Å². The highest BCUT2D eigenvalue weighted by Gasteiger charge is 2.47. The van der Waals surface area contributed by atoms with Crippen LogP contribution in [0.1, 0.15) is 0 Å². The highest BCUT2D eigenvalue weighted by Crippen LogP contribution is 2.29. The molecule has 1 aliphatic rings. The fourth-order valence-electron chi connectivity index (χ4n) is 1.86. The van der Waals surface area contributed by atoms with Crippen LogP contribution in [-0.4, -0.2) is 39.9 Å². The van der Waals surface area contributed by atoms with Gasteiger partial charge in [-0.15, -0.1) is 0 Å². The van der Waals surface area contributed by atoms with E-state index in [2.05, 4.69) is 5.32 Å². The van der Waals surface area contributed by atoms with E-state index in [9.17, 15) is 4.79 Å². The smallest absolute Gasteiger partial charge is 0.318 e. The molecule has 98 valence electrons.